The number of nitro groups is 1. The summed E-state index contributed by atoms with van der Waals surface area (Å²) in [7, 11) is 1.32. The van der Waals surface area contributed by atoms with E-state index in [9.17, 15) is 87.4 Å². The van der Waals surface area contributed by atoms with Crippen LogP contribution in [0.3, 0.4) is 0 Å². The number of esters is 1. The molecule has 132 heavy (non-hydrogen) atoms. The molecule has 662 valence electrons. The topological polar surface area (TPSA) is 515 Å². The molecule has 0 unspecified atom stereocenters. The summed E-state index contributed by atoms with van der Waals surface area (Å²) in [5.74, 6) is -0.352. The first-order chi connectivity index (χ1) is 63.1. The highest BCUT2D eigenvalue weighted by Gasteiger charge is 2.38. The maximum Gasteiger partial charge on any atom is 0.419 e. The Balaban J connectivity index is 0.000000150. The molecule has 0 spiro atoms. The first-order valence-corrected chi connectivity index (χ1v) is 41.0. The van der Waals surface area contributed by atoms with Crippen molar-refractivity contribution in [2.45, 2.75) is 11.1 Å². The predicted molar refractivity (Wildman–Crippen MR) is 477 cm³/mol. The Kier molecular flexibility index (Phi) is 27.7. The highest BCUT2D eigenvalue weighted by Crippen LogP contribution is 2.46. The van der Waals surface area contributed by atoms with E-state index in [1.165, 1.54) is 89.1 Å². The van der Waals surface area contributed by atoms with Crippen molar-refractivity contribution in [2.24, 2.45) is 5.73 Å². The molecule has 0 saturated carbocycles. The molecule has 0 radical (unpaired) electrons. The van der Waals surface area contributed by atoms with Gasteiger partial charge in [0.15, 0.2) is 84.6 Å². The lowest BCUT2D eigenvalue weighted by atomic mass is 10.1. The number of aromatic nitrogens is 12. The summed E-state index contributed by atoms with van der Waals surface area (Å²) in [5, 5.41) is 103. The Morgan fingerprint density at radius 1 is 0.394 bits per heavy atom. The lowest BCUT2D eigenvalue weighted by molar-refractivity contribution is -0.387. The number of phenols is 8. The largest absolute Gasteiger partial charge is 0.507 e. The summed E-state index contributed by atoms with van der Waals surface area (Å²) >= 11 is 11.8. The Morgan fingerprint density at radius 3 is 0.985 bits per heavy atom. The molecule has 0 saturated heterocycles. The molecule has 0 aliphatic heterocycles. The number of amides is 1. The molecule has 0 fully saturated rings. The van der Waals surface area contributed by atoms with Gasteiger partial charge in [-0.2, -0.15) is 18.4 Å². The van der Waals surface area contributed by atoms with Gasteiger partial charge in [-0.05, 0) is 146 Å². The zero-order chi connectivity index (χ0) is 94.6. The number of para-hydroxylation sites is 5. The number of carbonyl (C=O) groups excluding carboxylic acids is 2. The van der Waals surface area contributed by atoms with Gasteiger partial charge < -0.3 is 65.5 Å². The number of hydrogen-bond acceptors (Lipinski definition) is 31. The van der Waals surface area contributed by atoms with E-state index < -0.39 is 64.6 Å². The molecule has 4 aromatic heterocycles. The zero-order valence-electron chi connectivity index (χ0n) is 69.0. The summed E-state index contributed by atoms with van der Waals surface area (Å²) in [5.41, 5.74) is 6.73. The molecule has 0 atom stereocenters. The maximum atomic E-state index is 13.3. The van der Waals surface area contributed by atoms with E-state index in [1.54, 1.807) is 164 Å². The smallest absolute Gasteiger partial charge is 0.419 e. The molecule has 16 aromatic rings. The number of phenolic OH excluding ortho intramolecular Hbond substituents is 8. The molecule has 16 rings (SSSR count). The minimum Gasteiger partial charge on any atom is -0.507 e. The Bertz CT molecular complexity index is 7270. The van der Waals surface area contributed by atoms with Gasteiger partial charge in [-0.3, -0.25) is 14.9 Å². The average Bonchev–Trinajstić information content (AvgIpc) is 0.756. The number of hydrogen-bond donors (Lipinski definition) is 9. The molecule has 0 aliphatic rings. The van der Waals surface area contributed by atoms with E-state index in [-0.39, 0.29) is 138 Å². The van der Waals surface area contributed by atoms with Gasteiger partial charge >= 0.3 is 12.1 Å². The predicted octanol–water partition coefficient (Wildman–Crippen LogP) is 17.6. The van der Waals surface area contributed by atoms with Crippen LogP contribution in [0.5, 0.6) is 63.2 Å². The van der Waals surface area contributed by atoms with Gasteiger partial charge in [-0.1, -0.05) is 108 Å². The number of ether oxygens (including phenoxy) is 4. The molecule has 1 amide bonds. The molecule has 0 aliphatic carbocycles. The normalized spacial score (nSPS) is 10.9. The molecule has 10 N–H and O–H groups in total. The average molecular weight is 1840 g/mol. The lowest BCUT2D eigenvalue weighted by Crippen LogP contribution is -2.18. The molecule has 0 bridgehead atoms. The fraction of sp³-hybridized carbons (Fsp3) is 0.0645. The molecular weight excluding hydrogens is 1780 g/mol. The molecule has 4 heterocycles. The number of halogens is 5. The fourth-order valence-corrected chi connectivity index (χ4v) is 14.7. The molecular formula is C93H66Cl2F3N15O18S. The van der Waals surface area contributed by atoms with E-state index in [4.69, 9.17) is 47.9 Å². The number of nitrogens with zero attached hydrogens (tertiary/aromatic N) is 14. The number of benzene rings is 12. The third-order valence-electron chi connectivity index (χ3n) is 19.2. The van der Waals surface area contributed by atoms with Gasteiger partial charge in [0.25, 0.3) is 5.69 Å². The SMILES string of the molecule is COC(=O)c1ccc(-c2nc(-c3ccccc3O)nc(-c3ccc(OC)cc3O)n2)cc1.COc1ccc(-c2nc(-c3cc(Cl)c(C(F)(F)F)c(Cl)c3)nc(-c3ccccc3O)n2)c(O)c1.COc1ccc(-c2nc(-c3ccccc3O)nc(-c3ccc(C(N)=O)c(S(C)(=O)=O)c3[N+](=O)[O-])n2)c(O)c1.N#Cc1cccc(-c2nc(-c3ccccc3O)nc(-c3ccccc3O)n2)c1. The third kappa shape index (κ3) is 20.8. The van der Waals surface area contributed by atoms with Crippen molar-refractivity contribution in [1.82, 2.24) is 59.8 Å². The fourth-order valence-electron chi connectivity index (χ4n) is 12.8. The van der Waals surface area contributed by atoms with Crippen molar-refractivity contribution in [3.63, 3.8) is 0 Å². The number of nitro benzene ring substituents is 1. The number of alkyl halides is 3. The quantitative estimate of drug-likeness (QED) is 0.0206. The van der Waals surface area contributed by atoms with Crippen LogP contribution in [0.25, 0.3) is 137 Å². The summed E-state index contributed by atoms with van der Waals surface area (Å²) in [6, 6.07) is 65.6. The standard InChI is InChI=1S/C24H19N5O8S.C24H19N3O5.C23H14Cl2F3N3O3.C22H14N4O2/c1-37-12-7-8-14(18(31)11-12)23-26-22(13-5-3-4-6-17(13)30)27-24(28-23)15-9-10-16(21(25)32)20(38(2,35)36)19(15)29(33)34;1-31-16-11-12-18(20(29)13-16)23-26-21(14-7-9-15(10-8-14)24(30)32-2)25-22(27-23)17-5-3-4-6-19(17)28;1-34-12-6-7-14(18(33)10-12)22-30-20(29-21(31-22)13-4-2-3-5-17(13)32)11-8-15(24)19(16(25)9-11)23(26,27)28;23-13-14-6-5-7-15(12-14)20-24-21(16-8-1-3-10-18(16)27)26-22(25-20)17-9-2-4-11-19(17)28/h3-11,30-31H,1-2H3,(H2,25,32);3-13,28-29H,1-2H3;2-10,32-33H,1H3;1-12,27-28H. The van der Waals surface area contributed by atoms with E-state index in [0.29, 0.717) is 79.7 Å². The number of nitrogens with two attached hydrogens (primary N) is 1. The van der Waals surface area contributed by atoms with Gasteiger partial charge in [0.2, 0.25) is 5.91 Å². The highest BCUT2D eigenvalue weighted by molar-refractivity contribution is 7.91. The van der Waals surface area contributed by atoms with Gasteiger partial charge in [0, 0.05) is 41.1 Å². The van der Waals surface area contributed by atoms with Crippen molar-refractivity contribution >= 4 is 50.6 Å². The molecule has 39 heteroatoms. The molecule has 12 aromatic carbocycles. The number of primary amides is 1. The molecule has 33 nitrogen and oxygen atoms in total. The number of sulfone groups is 1. The second kappa shape index (κ2) is 39.7. The van der Waals surface area contributed by atoms with Gasteiger partial charge in [0.1, 0.15) is 63.2 Å². The number of methoxy groups -OCH3 is 4. The lowest BCUT2D eigenvalue weighted by Gasteiger charge is -2.14. The van der Waals surface area contributed by atoms with Gasteiger partial charge in [0.05, 0.1) is 122 Å². The van der Waals surface area contributed by atoms with Crippen molar-refractivity contribution in [1.29, 1.82) is 5.26 Å². The van der Waals surface area contributed by atoms with Crippen LogP contribution in [0, 0.1) is 21.4 Å². The number of aromatic hydroxyl groups is 8. The minimum absolute atomic E-state index is 0.00412. The number of nitriles is 1. The van der Waals surface area contributed by atoms with Crippen LogP contribution in [0.4, 0.5) is 18.9 Å². The third-order valence-corrected chi connectivity index (χ3v) is 20.9. The van der Waals surface area contributed by atoms with Crippen LogP contribution < -0.4 is 19.9 Å². The second-order valence-electron chi connectivity index (χ2n) is 27.8. The van der Waals surface area contributed by atoms with Crippen molar-refractivity contribution < 1.29 is 95.9 Å². The van der Waals surface area contributed by atoms with E-state index in [1.807, 2.05) is 0 Å². The van der Waals surface area contributed by atoms with Crippen LogP contribution in [-0.4, -0.2) is 161 Å². The van der Waals surface area contributed by atoms with Crippen molar-refractivity contribution in [3.05, 3.63) is 291 Å². The van der Waals surface area contributed by atoms with Gasteiger partial charge in [-0.15, -0.1) is 0 Å². The van der Waals surface area contributed by atoms with Crippen LogP contribution >= 0.6 is 23.2 Å². The summed E-state index contributed by atoms with van der Waals surface area (Å²) in [6.07, 6.45) is -4.06. The Morgan fingerprint density at radius 2 is 0.697 bits per heavy atom. The van der Waals surface area contributed by atoms with E-state index in [2.05, 4.69) is 65.9 Å². The van der Waals surface area contributed by atoms with E-state index in [0.717, 1.165) is 24.3 Å². The van der Waals surface area contributed by atoms with Crippen molar-refractivity contribution in [3.8, 4) is 206 Å². The zero-order valence-corrected chi connectivity index (χ0v) is 71.3. The maximum absolute atomic E-state index is 13.3. The second-order valence-corrected chi connectivity index (χ2v) is 30.5. The van der Waals surface area contributed by atoms with Crippen LogP contribution in [0.1, 0.15) is 31.8 Å². The van der Waals surface area contributed by atoms with Crippen LogP contribution in [0.15, 0.2) is 254 Å². The first-order valence-electron chi connectivity index (χ1n) is 38.3. The summed E-state index contributed by atoms with van der Waals surface area (Å²) in [6.45, 7) is 0. The van der Waals surface area contributed by atoms with Crippen LogP contribution in [0.2, 0.25) is 10.0 Å². The number of rotatable bonds is 19. The Hall–Kier alpha value is -17.4. The van der Waals surface area contributed by atoms with Crippen molar-refractivity contribution in [2.75, 3.05) is 34.7 Å². The highest BCUT2D eigenvalue weighted by atomic mass is 35.5. The van der Waals surface area contributed by atoms with E-state index >= 15 is 0 Å². The first kappa shape index (κ1) is 92.3. The van der Waals surface area contributed by atoms with Gasteiger partial charge in [-0.25, -0.2) is 73.0 Å². The number of carbonyl (C=O) groups is 2. The summed E-state index contributed by atoms with van der Waals surface area (Å²) in [4.78, 5) is 86.7. The summed E-state index contributed by atoms with van der Waals surface area (Å²) < 4.78 is 85.0. The van der Waals surface area contributed by atoms with Crippen LogP contribution in [-0.2, 0) is 20.8 Å². The Labute approximate surface area is 755 Å². The monoisotopic (exact) mass is 1840 g/mol. The minimum atomic E-state index is -4.76.